The summed E-state index contributed by atoms with van der Waals surface area (Å²) in [5.41, 5.74) is 2.49. The predicted molar refractivity (Wildman–Crippen MR) is 77.5 cm³/mol. The summed E-state index contributed by atoms with van der Waals surface area (Å²) >= 11 is 0. The van der Waals surface area contributed by atoms with E-state index < -0.39 is 5.97 Å². The number of aromatic carboxylic acids is 1. The molecule has 2 heterocycles. The molecule has 1 fully saturated rings. The van der Waals surface area contributed by atoms with Crippen molar-refractivity contribution in [2.75, 3.05) is 18.1 Å². The first-order chi connectivity index (χ1) is 9.43. The normalized spacial score (nSPS) is 22.9. The maximum absolute atomic E-state index is 11.6. The lowest BCUT2D eigenvalue weighted by molar-refractivity contribution is 0.0297. The number of carbonyl (C=O) groups is 1. The van der Waals surface area contributed by atoms with Gasteiger partial charge in [0.1, 0.15) is 5.56 Å². The summed E-state index contributed by atoms with van der Waals surface area (Å²) in [6.07, 6.45) is 1.03. The van der Waals surface area contributed by atoms with Crippen molar-refractivity contribution in [1.29, 1.82) is 0 Å². The van der Waals surface area contributed by atoms with Crippen LogP contribution in [-0.2, 0) is 4.74 Å². The number of hydrogen-bond acceptors (Lipinski definition) is 4. The first-order valence-electron chi connectivity index (χ1n) is 7.03. The van der Waals surface area contributed by atoms with E-state index in [1.165, 1.54) is 0 Å². The van der Waals surface area contributed by atoms with Crippen molar-refractivity contribution in [1.82, 2.24) is 4.98 Å². The van der Waals surface area contributed by atoms with Crippen LogP contribution in [0.4, 0.5) is 5.69 Å². The Hall–Kier alpha value is -1.62. The molecule has 0 saturated carbocycles. The zero-order valence-electron chi connectivity index (χ0n) is 12.5. The first-order valence-corrected chi connectivity index (χ1v) is 7.03. The molecule has 1 saturated heterocycles. The Morgan fingerprint density at radius 3 is 2.85 bits per heavy atom. The van der Waals surface area contributed by atoms with Gasteiger partial charge < -0.3 is 14.7 Å². The molecule has 1 aromatic heterocycles. The van der Waals surface area contributed by atoms with Crippen LogP contribution in [0.5, 0.6) is 0 Å². The number of hydrogen-bond donors (Lipinski definition) is 1. The highest BCUT2D eigenvalue weighted by molar-refractivity contribution is 5.95. The van der Waals surface area contributed by atoms with Crippen LogP contribution >= 0.6 is 0 Å². The highest BCUT2D eigenvalue weighted by Crippen LogP contribution is 2.29. The van der Waals surface area contributed by atoms with Crippen molar-refractivity contribution in [2.45, 2.75) is 46.3 Å². The lowest BCUT2D eigenvalue weighted by Gasteiger charge is -2.40. The Morgan fingerprint density at radius 2 is 2.25 bits per heavy atom. The number of carboxylic acids is 1. The molecule has 2 unspecified atom stereocenters. The highest BCUT2D eigenvalue weighted by atomic mass is 16.5. The molecule has 0 spiro atoms. The van der Waals surface area contributed by atoms with E-state index in [1.807, 2.05) is 19.9 Å². The van der Waals surface area contributed by atoms with Crippen LogP contribution in [-0.4, -0.2) is 41.4 Å². The molecule has 0 aromatic carbocycles. The molecule has 5 heteroatoms. The minimum Gasteiger partial charge on any atom is -0.478 e. The molecular weight excluding hydrogens is 256 g/mol. The fraction of sp³-hybridized carbons (Fsp3) is 0.600. The number of nitrogens with zero attached hydrogens (tertiary/aromatic N) is 2. The Bertz CT molecular complexity index is 516. The van der Waals surface area contributed by atoms with E-state index >= 15 is 0 Å². The summed E-state index contributed by atoms with van der Waals surface area (Å²) in [5, 5.41) is 9.49. The second-order valence-electron chi connectivity index (χ2n) is 5.41. The van der Waals surface area contributed by atoms with Crippen LogP contribution in [0.2, 0.25) is 0 Å². The zero-order chi connectivity index (χ0) is 14.9. The lowest BCUT2D eigenvalue weighted by Crippen LogP contribution is -2.49. The molecule has 1 aliphatic rings. The molecule has 1 aromatic rings. The molecule has 0 bridgehead atoms. The van der Waals surface area contributed by atoms with E-state index in [1.54, 1.807) is 6.92 Å². The van der Waals surface area contributed by atoms with Gasteiger partial charge in [-0.15, -0.1) is 0 Å². The third-order valence-electron chi connectivity index (χ3n) is 3.77. The molecular formula is C15H22N2O3. The van der Waals surface area contributed by atoms with Gasteiger partial charge >= 0.3 is 5.97 Å². The molecule has 0 amide bonds. The molecule has 110 valence electrons. The number of aryl methyl sites for hydroxylation is 2. The van der Waals surface area contributed by atoms with Crippen molar-refractivity contribution in [3.63, 3.8) is 0 Å². The molecule has 0 aliphatic carbocycles. The molecule has 1 N–H and O–H groups in total. The van der Waals surface area contributed by atoms with E-state index in [-0.39, 0.29) is 12.1 Å². The monoisotopic (exact) mass is 278 g/mol. The van der Waals surface area contributed by atoms with Crippen molar-refractivity contribution in [3.8, 4) is 0 Å². The third-order valence-corrected chi connectivity index (χ3v) is 3.77. The predicted octanol–water partition coefficient (Wildman–Crippen LogP) is 2.40. The van der Waals surface area contributed by atoms with E-state index in [0.717, 1.165) is 17.8 Å². The van der Waals surface area contributed by atoms with Gasteiger partial charge in [0, 0.05) is 12.2 Å². The topological polar surface area (TPSA) is 62.7 Å². The average molecular weight is 278 g/mol. The summed E-state index contributed by atoms with van der Waals surface area (Å²) in [4.78, 5) is 18.0. The van der Waals surface area contributed by atoms with Crippen LogP contribution in [0.3, 0.4) is 0 Å². The number of aromatic nitrogens is 1. The number of anilines is 1. The van der Waals surface area contributed by atoms with E-state index in [0.29, 0.717) is 24.4 Å². The zero-order valence-corrected chi connectivity index (χ0v) is 12.5. The van der Waals surface area contributed by atoms with Gasteiger partial charge in [-0.05, 0) is 33.3 Å². The number of morpholine rings is 1. The fourth-order valence-corrected chi connectivity index (χ4v) is 2.78. The van der Waals surface area contributed by atoms with Gasteiger partial charge in [0.25, 0.3) is 0 Å². The summed E-state index contributed by atoms with van der Waals surface area (Å²) in [6, 6.07) is 2.09. The summed E-state index contributed by atoms with van der Waals surface area (Å²) in [7, 11) is 0. The Morgan fingerprint density at radius 1 is 1.55 bits per heavy atom. The molecule has 20 heavy (non-hydrogen) atoms. The number of carboxylic acid groups (broad SMARTS) is 1. The van der Waals surface area contributed by atoms with E-state index in [2.05, 4.69) is 16.8 Å². The molecule has 0 radical (unpaired) electrons. The van der Waals surface area contributed by atoms with Crippen molar-refractivity contribution >= 4 is 11.7 Å². The SMILES string of the molecule is CCC1COC(C)CN1c1cc(C)nc(C)c1C(=O)O. The minimum atomic E-state index is -0.918. The van der Waals surface area contributed by atoms with Crippen LogP contribution in [0, 0.1) is 13.8 Å². The first kappa shape index (κ1) is 14.8. The van der Waals surface area contributed by atoms with Gasteiger partial charge in [-0.25, -0.2) is 4.79 Å². The maximum atomic E-state index is 11.6. The minimum absolute atomic E-state index is 0.105. The fourth-order valence-electron chi connectivity index (χ4n) is 2.78. The van der Waals surface area contributed by atoms with Gasteiger partial charge in [-0.3, -0.25) is 4.98 Å². The molecule has 1 aliphatic heterocycles. The smallest absolute Gasteiger partial charge is 0.339 e. The number of pyridine rings is 1. The lowest BCUT2D eigenvalue weighted by atomic mass is 10.0. The van der Waals surface area contributed by atoms with Crippen LogP contribution < -0.4 is 4.90 Å². The second-order valence-corrected chi connectivity index (χ2v) is 5.41. The Kier molecular flexibility index (Phi) is 4.28. The van der Waals surface area contributed by atoms with Crippen molar-refractivity contribution in [3.05, 3.63) is 23.0 Å². The Balaban J connectivity index is 2.51. The van der Waals surface area contributed by atoms with Gasteiger partial charge in [0.05, 0.1) is 30.1 Å². The molecule has 5 nitrogen and oxygen atoms in total. The van der Waals surface area contributed by atoms with Gasteiger partial charge in [0.2, 0.25) is 0 Å². The van der Waals surface area contributed by atoms with Crippen molar-refractivity contribution < 1.29 is 14.6 Å². The van der Waals surface area contributed by atoms with Crippen LogP contribution in [0.15, 0.2) is 6.07 Å². The van der Waals surface area contributed by atoms with Gasteiger partial charge in [-0.2, -0.15) is 0 Å². The summed E-state index contributed by atoms with van der Waals surface area (Å²) in [5.74, 6) is -0.918. The standard InChI is InChI=1S/C15H22N2O3/c1-5-12-8-20-10(3)7-17(12)13-6-9(2)16-11(4)14(13)15(18)19/h6,10,12H,5,7-8H2,1-4H3,(H,18,19). The highest BCUT2D eigenvalue weighted by Gasteiger charge is 2.29. The third kappa shape index (κ3) is 2.77. The van der Waals surface area contributed by atoms with E-state index in [4.69, 9.17) is 4.74 Å². The van der Waals surface area contributed by atoms with Crippen LogP contribution in [0.25, 0.3) is 0 Å². The second kappa shape index (κ2) is 5.79. The number of ether oxygens (including phenoxy) is 1. The quantitative estimate of drug-likeness (QED) is 0.920. The van der Waals surface area contributed by atoms with Crippen LogP contribution in [0.1, 0.15) is 42.0 Å². The maximum Gasteiger partial charge on any atom is 0.339 e. The summed E-state index contributed by atoms with van der Waals surface area (Å²) < 4.78 is 5.69. The summed E-state index contributed by atoms with van der Waals surface area (Å²) in [6.45, 7) is 9.11. The average Bonchev–Trinajstić information content (AvgIpc) is 2.37. The largest absolute Gasteiger partial charge is 0.478 e. The molecule has 2 atom stereocenters. The molecule has 2 rings (SSSR count). The Labute approximate surface area is 119 Å². The van der Waals surface area contributed by atoms with Crippen molar-refractivity contribution in [2.24, 2.45) is 0 Å². The van der Waals surface area contributed by atoms with E-state index in [9.17, 15) is 9.90 Å². The van der Waals surface area contributed by atoms with Gasteiger partial charge in [-0.1, -0.05) is 6.92 Å². The number of rotatable bonds is 3. The van der Waals surface area contributed by atoms with Gasteiger partial charge in [0.15, 0.2) is 0 Å².